The van der Waals surface area contributed by atoms with E-state index >= 15 is 0 Å². The van der Waals surface area contributed by atoms with Gasteiger partial charge in [-0.05, 0) is 46.2 Å². The van der Waals surface area contributed by atoms with Crippen molar-refractivity contribution in [3.8, 4) is 16.9 Å². The van der Waals surface area contributed by atoms with Gasteiger partial charge in [-0.25, -0.2) is 0 Å². The maximum atomic E-state index is 13.2. The van der Waals surface area contributed by atoms with Crippen molar-refractivity contribution in [1.29, 1.82) is 0 Å². The predicted molar refractivity (Wildman–Crippen MR) is 122 cm³/mol. The van der Waals surface area contributed by atoms with Gasteiger partial charge >= 0.3 is 0 Å². The number of thiophene rings is 1. The second-order valence-electron chi connectivity index (χ2n) is 7.66. The third-order valence-corrected chi connectivity index (χ3v) is 6.11. The fourth-order valence-electron chi connectivity index (χ4n) is 3.86. The van der Waals surface area contributed by atoms with E-state index in [1.165, 1.54) is 4.90 Å². The molecule has 2 aromatic carbocycles. The zero-order valence-electron chi connectivity index (χ0n) is 17.5. The molecule has 1 N–H and O–H groups in total. The number of hydrogen-bond acceptors (Lipinski definition) is 5. The number of methoxy groups -OCH3 is 1. The molecule has 0 saturated heterocycles. The number of amides is 1. The van der Waals surface area contributed by atoms with E-state index in [4.69, 9.17) is 4.74 Å². The number of carbonyl (C=O) groups excluding carboxylic acids is 2. The monoisotopic (exact) mass is 433 g/mol. The molecule has 6 heteroatoms. The molecule has 5 nitrogen and oxygen atoms in total. The predicted octanol–water partition coefficient (Wildman–Crippen LogP) is 5.55. The Labute approximate surface area is 185 Å². The fraction of sp³-hybridized carbons (Fsp3) is 0.200. The van der Waals surface area contributed by atoms with Crippen LogP contribution in [0.2, 0.25) is 0 Å². The maximum Gasteiger partial charge on any atom is 0.294 e. The van der Waals surface area contributed by atoms with Gasteiger partial charge in [-0.3, -0.25) is 14.5 Å². The number of aliphatic hydroxyl groups excluding tert-OH is 1. The van der Waals surface area contributed by atoms with Crippen LogP contribution in [0.15, 0.2) is 76.7 Å². The molecule has 0 fully saturated rings. The minimum Gasteiger partial charge on any atom is -0.503 e. The van der Waals surface area contributed by atoms with Gasteiger partial charge in [0.2, 0.25) is 0 Å². The smallest absolute Gasteiger partial charge is 0.294 e. The number of aliphatic hydroxyl groups is 1. The van der Waals surface area contributed by atoms with Gasteiger partial charge in [0.1, 0.15) is 5.75 Å². The number of carbonyl (C=O) groups is 2. The molecule has 0 unspecified atom stereocenters. The van der Waals surface area contributed by atoms with E-state index in [0.717, 1.165) is 11.1 Å². The topological polar surface area (TPSA) is 66.8 Å². The van der Waals surface area contributed by atoms with Crippen LogP contribution < -0.4 is 9.64 Å². The normalized spacial score (nSPS) is 16.3. The summed E-state index contributed by atoms with van der Waals surface area (Å²) in [5.74, 6) is -1.19. The number of ketones is 1. The molecule has 0 aliphatic carbocycles. The van der Waals surface area contributed by atoms with E-state index in [9.17, 15) is 14.7 Å². The van der Waals surface area contributed by atoms with Gasteiger partial charge in [0.05, 0.1) is 18.7 Å². The quantitative estimate of drug-likeness (QED) is 0.554. The minimum atomic E-state index is -0.773. The Bertz CT molecular complexity index is 1150. The average Bonchev–Trinajstić information content (AvgIpc) is 3.41. The first-order valence-electron chi connectivity index (χ1n) is 10.0. The van der Waals surface area contributed by atoms with Gasteiger partial charge in [-0.1, -0.05) is 44.2 Å². The molecule has 31 heavy (non-hydrogen) atoms. The van der Waals surface area contributed by atoms with Crippen molar-refractivity contribution >= 4 is 28.7 Å². The van der Waals surface area contributed by atoms with Gasteiger partial charge < -0.3 is 9.84 Å². The third kappa shape index (κ3) is 3.64. The van der Waals surface area contributed by atoms with Crippen LogP contribution in [0, 0.1) is 5.92 Å². The van der Waals surface area contributed by atoms with Gasteiger partial charge in [0, 0.05) is 17.2 Å². The number of ether oxygens (including phenoxy) is 1. The van der Waals surface area contributed by atoms with Gasteiger partial charge in [-0.2, -0.15) is 11.3 Å². The van der Waals surface area contributed by atoms with Gasteiger partial charge in [0.25, 0.3) is 5.91 Å². The van der Waals surface area contributed by atoms with Gasteiger partial charge in [-0.15, -0.1) is 0 Å². The molecule has 3 aromatic rings. The molecular formula is C25H23NO4S. The lowest BCUT2D eigenvalue weighted by molar-refractivity contribution is -0.119. The molecule has 2 heterocycles. The lowest BCUT2D eigenvalue weighted by atomic mass is 9.90. The summed E-state index contributed by atoms with van der Waals surface area (Å²) < 4.78 is 5.52. The molecule has 1 aromatic heterocycles. The molecule has 158 valence electrons. The van der Waals surface area contributed by atoms with E-state index in [-0.39, 0.29) is 17.3 Å². The largest absolute Gasteiger partial charge is 0.503 e. The number of nitrogens with zero attached hydrogens (tertiary/aromatic N) is 1. The van der Waals surface area contributed by atoms with Crippen molar-refractivity contribution in [1.82, 2.24) is 0 Å². The Kier molecular flexibility index (Phi) is 5.65. The molecule has 1 atom stereocenters. The van der Waals surface area contributed by atoms with E-state index in [1.54, 1.807) is 38.4 Å². The van der Waals surface area contributed by atoms with Crippen LogP contribution in [0.1, 0.15) is 25.5 Å². The highest BCUT2D eigenvalue weighted by molar-refractivity contribution is 7.08. The van der Waals surface area contributed by atoms with Crippen molar-refractivity contribution in [2.45, 2.75) is 19.9 Å². The number of hydrogen-bond donors (Lipinski definition) is 1. The summed E-state index contributed by atoms with van der Waals surface area (Å²) in [5, 5.41) is 14.8. The Hall–Kier alpha value is -3.38. The van der Waals surface area contributed by atoms with E-state index in [2.05, 4.69) is 5.38 Å². The summed E-state index contributed by atoms with van der Waals surface area (Å²) in [4.78, 5) is 27.7. The van der Waals surface area contributed by atoms with Crippen molar-refractivity contribution in [2.75, 3.05) is 12.0 Å². The highest BCUT2D eigenvalue weighted by Crippen LogP contribution is 2.44. The summed E-state index contributed by atoms with van der Waals surface area (Å²) >= 11 is 1.62. The molecular weight excluding hydrogens is 410 g/mol. The number of rotatable bonds is 6. The number of Topliss-reactive ketones (excluding diaryl/α,β-unsaturated/α-hetero) is 1. The van der Waals surface area contributed by atoms with Crippen LogP contribution >= 0.6 is 11.3 Å². The first kappa shape index (κ1) is 20.9. The first-order chi connectivity index (χ1) is 14.9. The Morgan fingerprint density at radius 1 is 1.06 bits per heavy atom. The van der Waals surface area contributed by atoms with Crippen LogP contribution in [0.5, 0.6) is 5.75 Å². The second kappa shape index (κ2) is 8.40. The molecule has 0 saturated carbocycles. The highest BCUT2D eigenvalue weighted by Gasteiger charge is 2.45. The minimum absolute atomic E-state index is 0.103. The van der Waals surface area contributed by atoms with E-state index in [0.29, 0.717) is 17.0 Å². The molecule has 0 radical (unpaired) electrons. The zero-order valence-corrected chi connectivity index (χ0v) is 18.3. The fourth-order valence-corrected chi connectivity index (χ4v) is 4.53. The third-order valence-electron chi connectivity index (χ3n) is 5.43. The summed E-state index contributed by atoms with van der Waals surface area (Å²) in [6.07, 6.45) is 0. The molecule has 1 amide bonds. The van der Waals surface area contributed by atoms with Gasteiger partial charge in [0.15, 0.2) is 11.5 Å². The average molecular weight is 434 g/mol. The lowest BCUT2D eigenvalue weighted by Crippen LogP contribution is -2.31. The lowest BCUT2D eigenvalue weighted by Gasteiger charge is -2.28. The number of para-hydroxylation sites is 1. The summed E-state index contributed by atoms with van der Waals surface area (Å²) in [7, 11) is 1.54. The molecule has 4 rings (SSSR count). The highest BCUT2D eigenvalue weighted by atomic mass is 32.1. The van der Waals surface area contributed by atoms with Crippen molar-refractivity contribution in [3.63, 3.8) is 0 Å². The van der Waals surface area contributed by atoms with E-state index < -0.39 is 17.7 Å². The summed E-state index contributed by atoms with van der Waals surface area (Å²) in [6, 6.07) is 16.1. The van der Waals surface area contributed by atoms with Crippen molar-refractivity contribution < 1.29 is 19.4 Å². The van der Waals surface area contributed by atoms with Crippen molar-refractivity contribution in [3.05, 3.63) is 82.3 Å². The standard InChI is InChI=1S/C25H23NO4S/c1-15(2)23(27)21-22(19-6-4-5-7-20(19)30-3)26(25(29)24(21)28)18-10-8-16(9-11-18)17-12-13-31-14-17/h4-15,22,28H,1-3H3/t22-/m1/s1. The van der Waals surface area contributed by atoms with E-state index in [1.807, 2.05) is 53.9 Å². The Balaban J connectivity index is 1.84. The van der Waals surface area contributed by atoms with Crippen LogP contribution in [-0.2, 0) is 9.59 Å². The first-order valence-corrected chi connectivity index (χ1v) is 10.9. The zero-order chi connectivity index (χ0) is 22.1. The van der Waals surface area contributed by atoms with Crippen LogP contribution in [0.25, 0.3) is 11.1 Å². The second-order valence-corrected chi connectivity index (χ2v) is 8.44. The SMILES string of the molecule is COc1ccccc1[C@@H]1C(C(=O)C(C)C)=C(O)C(=O)N1c1ccc(-c2ccsc2)cc1. The van der Waals surface area contributed by atoms with Crippen molar-refractivity contribution in [2.24, 2.45) is 5.92 Å². The summed E-state index contributed by atoms with van der Waals surface area (Å²) in [5.41, 5.74) is 3.47. The number of anilines is 1. The molecule has 1 aliphatic heterocycles. The van der Waals surface area contributed by atoms with Crippen LogP contribution in [0.4, 0.5) is 5.69 Å². The summed E-state index contributed by atoms with van der Waals surface area (Å²) in [6.45, 7) is 3.51. The Morgan fingerprint density at radius 2 is 1.77 bits per heavy atom. The molecule has 1 aliphatic rings. The van der Waals surface area contributed by atoms with Crippen LogP contribution in [-0.4, -0.2) is 23.9 Å². The number of benzene rings is 2. The molecule has 0 spiro atoms. The molecule has 0 bridgehead atoms. The van der Waals surface area contributed by atoms with Crippen LogP contribution in [0.3, 0.4) is 0 Å². The maximum absolute atomic E-state index is 13.2. The Morgan fingerprint density at radius 3 is 2.39 bits per heavy atom.